The molecule has 1 rings (SSSR count). The van der Waals surface area contributed by atoms with E-state index in [9.17, 15) is 4.79 Å². The Bertz CT molecular complexity index is 301. The summed E-state index contributed by atoms with van der Waals surface area (Å²) in [5, 5.41) is 7.84. The summed E-state index contributed by atoms with van der Waals surface area (Å²) in [6, 6.07) is 2.03. The molecule has 0 aliphatic carbocycles. The Hall–Kier alpha value is -0.390. The minimum Gasteiger partial charge on any atom is -0.359 e. The van der Waals surface area contributed by atoms with Gasteiger partial charge in [-0.2, -0.15) is 0 Å². The third kappa shape index (κ3) is 3.77. The van der Waals surface area contributed by atoms with Gasteiger partial charge in [0.25, 0.3) is 0 Å². The summed E-state index contributed by atoms with van der Waals surface area (Å²) >= 11 is 5.16. The van der Waals surface area contributed by atoms with Gasteiger partial charge in [-0.05, 0) is 27.4 Å². The first kappa shape index (κ1) is 11.7. The van der Waals surface area contributed by atoms with Crippen molar-refractivity contribution in [3.63, 3.8) is 0 Å². The van der Waals surface area contributed by atoms with Crippen LogP contribution in [0.4, 0.5) is 0 Å². The zero-order chi connectivity index (χ0) is 10.4. The van der Waals surface area contributed by atoms with Crippen LogP contribution < -0.4 is 10.6 Å². The molecule has 0 atom stereocenters. The Labute approximate surface area is 96.0 Å². The molecule has 0 bridgehead atoms. The zero-order valence-corrected chi connectivity index (χ0v) is 10.4. The standard InChI is InChI=1S/C9H13BrN2OS/c1-11-9(13)2-4-12-6-8-7(10)3-5-14-8/h3,5,12H,2,4,6H2,1H3,(H,11,13). The largest absolute Gasteiger partial charge is 0.359 e. The topological polar surface area (TPSA) is 41.1 Å². The Morgan fingerprint density at radius 3 is 3.00 bits per heavy atom. The van der Waals surface area contributed by atoms with Gasteiger partial charge in [-0.25, -0.2) is 0 Å². The van der Waals surface area contributed by atoms with Crippen molar-refractivity contribution < 1.29 is 4.79 Å². The van der Waals surface area contributed by atoms with Gasteiger partial charge in [0.2, 0.25) is 5.91 Å². The van der Waals surface area contributed by atoms with E-state index >= 15 is 0 Å². The number of halogens is 1. The van der Waals surface area contributed by atoms with Gasteiger partial charge in [-0.15, -0.1) is 11.3 Å². The summed E-state index contributed by atoms with van der Waals surface area (Å²) in [6.45, 7) is 1.53. The summed E-state index contributed by atoms with van der Waals surface area (Å²) in [5.41, 5.74) is 0. The van der Waals surface area contributed by atoms with Gasteiger partial charge in [0.1, 0.15) is 0 Å². The third-order valence-electron chi connectivity index (χ3n) is 1.78. The van der Waals surface area contributed by atoms with Crippen molar-refractivity contribution >= 4 is 33.2 Å². The molecule has 0 saturated heterocycles. The summed E-state index contributed by atoms with van der Waals surface area (Å²) < 4.78 is 1.13. The molecule has 5 heteroatoms. The monoisotopic (exact) mass is 276 g/mol. The fourth-order valence-corrected chi connectivity index (χ4v) is 2.44. The number of nitrogens with one attached hydrogen (secondary N) is 2. The highest BCUT2D eigenvalue weighted by atomic mass is 79.9. The first-order valence-electron chi connectivity index (χ1n) is 4.37. The molecule has 0 unspecified atom stereocenters. The van der Waals surface area contributed by atoms with Crippen LogP contribution in [0.2, 0.25) is 0 Å². The number of carbonyl (C=O) groups is 1. The minimum absolute atomic E-state index is 0.0720. The van der Waals surface area contributed by atoms with Crippen LogP contribution in [0.15, 0.2) is 15.9 Å². The molecule has 1 aromatic heterocycles. The molecule has 0 radical (unpaired) electrons. The number of hydrogen-bond donors (Lipinski definition) is 2. The second-order valence-electron chi connectivity index (χ2n) is 2.79. The van der Waals surface area contributed by atoms with Gasteiger partial charge >= 0.3 is 0 Å². The average Bonchev–Trinajstić information content (AvgIpc) is 2.58. The predicted octanol–water partition coefficient (Wildman–Crippen LogP) is 1.74. The maximum Gasteiger partial charge on any atom is 0.221 e. The molecule has 0 saturated carbocycles. The van der Waals surface area contributed by atoms with Gasteiger partial charge in [-0.1, -0.05) is 0 Å². The maximum atomic E-state index is 10.9. The van der Waals surface area contributed by atoms with Crippen LogP contribution in [-0.2, 0) is 11.3 Å². The molecule has 0 aliphatic rings. The van der Waals surface area contributed by atoms with E-state index in [1.165, 1.54) is 4.88 Å². The van der Waals surface area contributed by atoms with Crippen LogP contribution in [0.5, 0.6) is 0 Å². The summed E-state index contributed by atoms with van der Waals surface area (Å²) in [6.07, 6.45) is 0.527. The first-order valence-corrected chi connectivity index (χ1v) is 6.04. The first-order chi connectivity index (χ1) is 6.74. The van der Waals surface area contributed by atoms with Crippen molar-refractivity contribution in [2.24, 2.45) is 0 Å². The second kappa shape index (κ2) is 6.16. The van der Waals surface area contributed by atoms with Crippen LogP contribution in [-0.4, -0.2) is 19.5 Å². The molecule has 2 N–H and O–H groups in total. The lowest BCUT2D eigenvalue weighted by Gasteiger charge is -2.02. The van der Waals surface area contributed by atoms with Crippen LogP contribution >= 0.6 is 27.3 Å². The van der Waals surface area contributed by atoms with Crippen LogP contribution in [0, 0.1) is 0 Å². The SMILES string of the molecule is CNC(=O)CCNCc1sccc1Br. The van der Waals surface area contributed by atoms with Crippen LogP contribution in [0.3, 0.4) is 0 Å². The average molecular weight is 277 g/mol. The lowest BCUT2D eigenvalue weighted by Crippen LogP contribution is -2.24. The van der Waals surface area contributed by atoms with Crippen molar-refractivity contribution in [1.29, 1.82) is 0 Å². The number of carbonyl (C=O) groups excluding carboxylic acids is 1. The quantitative estimate of drug-likeness (QED) is 0.805. The summed E-state index contributed by atoms with van der Waals surface area (Å²) in [4.78, 5) is 12.1. The molecule has 1 heterocycles. The highest BCUT2D eigenvalue weighted by Gasteiger charge is 2.01. The number of hydrogen-bond acceptors (Lipinski definition) is 3. The lowest BCUT2D eigenvalue weighted by molar-refractivity contribution is -0.120. The van der Waals surface area contributed by atoms with Crippen molar-refractivity contribution in [1.82, 2.24) is 10.6 Å². The van der Waals surface area contributed by atoms with E-state index in [1.54, 1.807) is 18.4 Å². The summed E-state index contributed by atoms with van der Waals surface area (Å²) in [5.74, 6) is 0.0720. The summed E-state index contributed by atoms with van der Waals surface area (Å²) in [7, 11) is 1.65. The van der Waals surface area contributed by atoms with E-state index in [2.05, 4.69) is 26.6 Å². The molecule has 1 amide bonds. The van der Waals surface area contributed by atoms with Crippen molar-refractivity contribution in [3.8, 4) is 0 Å². The van der Waals surface area contributed by atoms with Gasteiger partial charge in [0, 0.05) is 35.9 Å². The third-order valence-corrected chi connectivity index (χ3v) is 3.71. The molecule has 1 aromatic rings. The minimum atomic E-state index is 0.0720. The molecule has 0 spiro atoms. The van der Waals surface area contributed by atoms with Crippen molar-refractivity contribution in [2.75, 3.05) is 13.6 Å². The van der Waals surface area contributed by atoms with E-state index in [0.29, 0.717) is 13.0 Å². The van der Waals surface area contributed by atoms with E-state index in [1.807, 2.05) is 11.4 Å². The number of rotatable bonds is 5. The smallest absolute Gasteiger partial charge is 0.221 e. The molecule has 0 aliphatic heterocycles. The zero-order valence-electron chi connectivity index (χ0n) is 7.97. The normalized spacial score (nSPS) is 10.1. The Kier molecular flexibility index (Phi) is 5.14. The lowest BCUT2D eigenvalue weighted by atomic mass is 10.4. The number of thiophene rings is 1. The van der Waals surface area contributed by atoms with Gasteiger partial charge in [-0.3, -0.25) is 4.79 Å². The van der Waals surface area contributed by atoms with Crippen LogP contribution in [0.1, 0.15) is 11.3 Å². The van der Waals surface area contributed by atoms with Crippen molar-refractivity contribution in [2.45, 2.75) is 13.0 Å². The Morgan fingerprint density at radius 2 is 2.43 bits per heavy atom. The molecule has 0 fully saturated rings. The van der Waals surface area contributed by atoms with E-state index in [4.69, 9.17) is 0 Å². The highest BCUT2D eigenvalue weighted by molar-refractivity contribution is 9.10. The van der Waals surface area contributed by atoms with Gasteiger partial charge in [0.05, 0.1) is 0 Å². The molecule has 3 nitrogen and oxygen atoms in total. The molecule has 78 valence electrons. The molecular weight excluding hydrogens is 264 g/mol. The van der Waals surface area contributed by atoms with Gasteiger partial charge < -0.3 is 10.6 Å². The highest BCUT2D eigenvalue weighted by Crippen LogP contribution is 2.21. The maximum absolute atomic E-state index is 10.9. The van der Waals surface area contributed by atoms with E-state index < -0.39 is 0 Å². The van der Waals surface area contributed by atoms with E-state index in [-0.39, 0.29) is 5.91 Å². The Morgan fingerprint density at radius 1 is 1.64 bits per heavy atom. The van der Waals surface area contributed by atoms with E-state index in [0.717, 1.165) is 11.0 Å². The van der Waals surface area contributed by atoms with Gasteiger partial charge in [0.15, 0.2) is 0 Å². The predicted molar refractivity (Wildman–Crippen MR) is 62.4 cm³/mol. The molecular formula is C9H13BrN2OS. The fraction of sp³-hybridized carbons (Fsp3) is 0.444. The fourth-order valence-electron chi connectivity index (χ4n) is 0.980. The Balaban J connectivity index is 2.16. The second-order valence-corrected chi connectivity index (χ2v) is 4.65. The molecule has 14 heavy (non-hydrogen) atoms. The molecule has 0 aromatic carbocycles. The van der Waals surface area contributed by atoms with Crippen molar-refractivity contribution in [3.05, 3.63) is 20.8 Å². The number of amides is 1. The van der Waals surface area contributed by atoms with Crippen LogP contribution in [0.25, 0.3) is 0 Å².